The molecule has 2 rings (SSSR count). The predicted octanol–water partition coefficient (Wildman–Crippen LogP) is 2.08. The lowest BCUT2D eigenvalue weighted by Crippen LogP contribution is -2.22. The molecule has 0 fully saturated rings. The first-order valence-corrected chi connectivity index (χ1v) is 7.81. The number of anilines is 1. The minimum atomic E-state index is -0.474. The van der Waals surface area contributed by atoms with Crippen molar-refractivity contribution in [2.24, 2.45) is 0 Å². The Bertz CT molecular complexity index is 769. The SMILES string of the molecule is CNC(=O)c1cccc(NC(=O)COC(=O)Cc2ccc(C)cc2)c1. The summed E-state index contributed by atoms with van der Waals surface area (Å²) in [6.45, 7) is 1.58. The Balaban J connectivity index is 1.83. The monoisotopic (exact) mass is 340 g/mol. The lowest BCUT2D eigenvalue weighted by atomic mass is 10.1. The van der Waals surface area contributed by atoms with Crippen molar-refractivity contribution in [2.45, 2.75) is 13.3 Å². The molecule has 2 aromatic carbocycles. The second kappa shape index (κ2) is 8.63. The van der Waals surface area contributed by atoms with Crippen LogP contribution in [0.5, 0.6) is 0 Å². The molecule has 0 bridgehead atoms. The average molecular weight is 340 g/mol. The van der Waals surface area contributed by atoms with Gasteiger partial charge in [-0.3, -0.25) is 14.4 Å². The van der Waals surface area contributed by atoms with Gasteiger partial charge >= 0.3 is 5.97 Å². The summed E-state index contributed by atoms with van der Waals surface area (Å²) in [4.78, 5) is 35.2. The number of hydrogen-bond acceptors (Lipinski definition) is 4. The Hall–Kier alpha value is -3.15. The number of aryl methyl sites for hydroxylation is 1. The van der Waals surface area contributed by atoms with Crippen LogP contribution in [-0.4, -0.2) is 31.4 Å². The quantitative estimate of drug-likeness (QED) is 0.789. The van der Waals surface area contributed by atoms with Gasteiger partial charge in [0.1, 0.15) is 0 Å². The van der Waals surface area contributed by atoms with Crippen LogP contribution in [0, 0.1) is 6.92 Å². The molecular weight excluding hydrogens is 320 g/mol. The second-order valence-corrected chi connectivity index (χ2v) is 5.53. The summed E-state index contributed by atoms with van der Waals surface area (Å²) in [5, 5.41) is 5.10. The minimum Gasteiger partial charge on any atom is -0.455 e. The number of rotatable bonds is 6. The lowest BCUT2D eigenvalue weighted by Gasteiger charge is -2.08. The Kier molecular flexibility index (Phi) is 6.28. The van der Waals surface area contributed by atoms with Crippen molar-refractivity contribution in [3.63, 3.8) is 0 Å². The maximum absolute atomic E-state index is 11.9. The van der Waals surface area contributed by atoms with Crippen LogP contribution in [0.1, 0.15) is 21.5 Å². The van der Waals surface area contributed by atoms with Gasteiger partial charge in [0.15, 0.2) is 6.61 Å². The molecule has 2 N–H and O–H groups in total. The average Bonchev–Trinajstić information content (AvgIpc) is 2.61. The van der Waals surface area contributed by atoms with E-state index in [-0.39, 0.29) is 18.9 Å². The molecule has 0 aliphatic carbocycles. The zero-order valence-electron chi connectivity index (χ0n) is 14.2. The highest BCUT2D eigenvalue weighted by atomic mass is 16.5. The summed E-state index contributed by atoms with van der Waals surface area (Å²) >= 11 is 0. The molecule has 2 aromatic rings. The van der Waals surface area contributed by atoms with Gasteiger partial charge in [0.25, 0.3) is 11.8 Å². The maximum Gasteiger partial charge on any atom is 0.310 e. The highest BCUT2D eigenvalue weighted by Crippen LogP contribution is 2.10. The van der Waals surface area contributed by atoms with Crippen molar-refractivity contribution in [1.82, 2.24) is 5.32 Å². The van der Waals surface area contributed by atoms with Gasteiger partial charge in [-0.05, 0) is 30.7 Å². The topological polar surface area (TPSA) is 84.5 Å². The zero-order valence-corrected chi connectivity index (χ0v) is 14.2. The van der Waals surface area contributed by atoms with Gasteiger partial charge < -0.3 is 15.4 Å². The van der Waals surface area contributed by atoms with Crippen LogP contribution in [0.4, 0.5) is 5.69 Å². The van der Waals surface area contributed by atoms with Crippen molar-refractivity contribution in [2.75, 3.05) is 19.0 Å². The van der Waals surface area contributed by atoms with Crippen molar-refractivity contribution < 1.29 is 19.1 Å². The highest BCUT2D eigenvalue weighted by Gasteiger charge is 2.10. The largest absolute Gasteiger partial charge is 0.455 e. The van der Waals surface area contributed by atoms with Gasteiger partial charge in [-0.2, -0.15) is 0 Å². The van der Waals surface area contributed by atoms with E-state index in [4.69, 9.17) is 4.74 Å². The molecule has 0 aromatic heterocycles. The molecule has 0 spiro atoms. The van der Waals surface area contributed by atoms with E-state index in [1.165, 1.54) is 7.05 Å². The fraction of sp³-hybridized carbons (Fsp3) is 0.211. The van der Waals surface area contributed by atoms with E-state index in [1.807, 2.05) is 31.2 Å². The van der Waals surface area contributed by atoms with E-state index in [0.717, 1.165) is 11.1 Å². The smallest absolute Gasteiger partial charge is 0.310 e. The van der Waals surface area contributed by atoms with Crippen LogP contribution in [0.25, 0.3) is 0 Å². The van der Waals surface area contributed by atoms with Gasteiger partial charge in [0.05, 0.1) is 6.42 Å². The molecule has 0 atom stereocenters. The van der Waals surface area contributed by atoms with Crippen LogP contribution in [0.15, 0.2) is 48.5 Å². The third-order valence-electron chi connectivity index (χ3n) is 3.47. The number of amides is 2. The van der Waals surface area contributed by atoms with E-state index in [0.29, 0.717) is 11.3 Å². The molecule has 130 valence electrons. The second-order valence-electron chi connectivity index (χ2n) is 5.53. The fourth-order valence-corrected chi connectivity index (χ4v) is 2.15. The van der Waals surface area contributed by atoms with E-state index in [1.54, 1.807) is 24.3 Å². The predicted molar refractivity (Wildman–Crippen MR) is 94.3 cm³/mol. The van der Waals surface area contributed by atoms with Crippen molar-refractivity contribution >= 4 is 23.5 Å². The molecule has 6 nitrogen and oxygen atoms in total. The van der Waals surface area contributed by atoms with Gasteiger partial charge in [-0.1, -0.05) is 35.9 Å². The van der Waals surface area contributed by atoms with Crippen LogP contribution in [-0.2, 0) is 20.7 Å². The molecule has 2 amide bonds. The number of esters is 1. The molecule has 0 saturated carbocycles. The fourth-order valence-electron chi connectivity index (χ4n) is 2.15. The number of ether oxygens (including phenoxy) is 1. The standard InChI is InChI=1S/C19H20N2O4/c1-13-6-8-14(9-7-13)10-18(23)25-12-17(22)21-16-5-3-4-15(11-16)19(24)20-2/h3-9,11H,10,12H2,1-2H3,(H,20,24)(H,21,22). The molecular formula is C19H20N2O4. The van der Waals surface area contributed by atoms with Crippen LogP contribution >= 0.6 is 0 Å². The lowest BCUT2D eigenvalue weighted by molar-refractivity contribution is -0.146. The first kappa shape index (κ1) is 18.2. The molecule has 6 heteroatoms. The van der Waals surface area contributed by atoms with Gasteiger partial charge in [-0.25, -0.2) is 0 Å². The minimum absolute atomic E-state index is 0.111. The van der Waals surface area contributed by atoms with Crippen molar-refractivity contribution in [3.05, 3.63) is 65.2 Å². The third-order valence-corrected chi connectivity index (χ3v) is 3.47. The van der Waals surface area contributed by atoms with E-state index in [9.17, 15) is 14.4 Å². The Morgan fingerprint density at radius 1 is 1.04 bits per heavy atom. The molecule has 0 unspecified atom stereocenters. The first-order valence-electron chi connectivity index (χ1n) is 7.81. The Morgan fingerprint density at radius 3 is 2.44 bits per heavy atom. The number of benzene rings is 2. The van der Waals surface area contributed by atoms with Crippen molar-refractivity contribution in [1.29, 1.82) is 0 Å². The van der Waals surface area contributed by atoms with E-state index < -0.39 is 11.9 Å². The first-order chi connectivity index (χ1) is 12.0. The molecule has 0 aliphatic rings. The number of carbonyl (C=O) groups excluding carboxylic acids is 3. The molecule has 0 radical (unpaired) electrons. The number of nitrogens with one attached hydrogen (secondary N) is 2. The molecule has 25 heavy (non-hydrogen) atoms. The van der Waals surface area contributed by atoms with Gasteiger partial charge in [-0.15, -0.1) is 0 Å². The summed E-state index contributed by atoms with van der Waals surface area (Å²) in [6.07, 6.45) is 0.111. The summed E-state index contributed by atoms with van der Waals surface area (Å²) in [7, 11) is 1.53. The maximum atomic E-state index is 11.9. The van der Waals surface area contributed by atoms with Crippen LogP contribution < -0.4 is 10.6 Å². The number of carbonyl (C=O) groups is 3. The summed E-state index contributed by atoms with van der Waals surface area (Å²) in [6, 6.07) is 14.0. The van der Waals surface area contributed by atoms with E-state index in [2.05, 4.69) is 10.6 Å². The zero-order chi connectivity index (χ0) is 18.2. The Labute approximate surface area is 146 Å². The van der Waals surface area contributed by atoms with Gasteiger partial charge in [0.2, 0.25) is 0 Å². The number of hydrogen-bond donors (Lipinski definition) is 2. The highest BCUT2D eigenvalue weighted by molar-refractivity contribution is 5.97. The summed E-state index contributed by atoms with van der Waals surface area (Å²) in [5.41, 5.74) is 2.82. The third kappa shape index (κ3) is 5.76. The normalized spacial score (nSPS) is 10.0. The molecule has 0 saturated heterocycles. The van der Waals surface area contributed by atoms with E-state index >= 15 is 0 Å². The van der Waals surface area contributed by atoms with Crippen LogP contribution in [0.2, 0.25) is 0 Å². The van der Waals surface area contributed by atoms with Crippen LogP contribution in [0.3, 0.4) is 0 Å². The summed E-state index contributed by atoms with van der Waals surface area (Å²) in [5.74, 6) is -1.19. The molecule has 0 heterocycles. The van der Waals surface area contributed by atoms with Crippen molar-refractivity contribution in [3.8, 4) is 0 Å². The Morgan fingerprint density at radius 2 is 1.76 bits per heavy atom. The van der Waals surface area contributed by atoms with Gasteiger partial charge in [0, 0.05) is 18.3 Å². The summed E-state index contributed by atoms with van der Waals surface area (Å²) < 4.78 is 4.98. The molecule has 0 aliphatic heterocycles.